The number of carbonyl (C=O) groups is 1. The number of amides is 1. The maximum absolute atomic E-state index is 12.4. The second-order valence-corrected chi connectivity index (χ2v) is 10.7. The van der Waals surface area contributed by atoms with Crippen molar-refractivity contribution in [2.24, 2.45) is 0 Å². The highest BCUT2D eigenvalue weighted by Gasteiger charge is 2.31. The van der Waals surface area contributed by atoms with Gasteiger partial charge in [0.25, 0.3) is 0 Å². The zero-order chi connectivity index (χ0) is 25.6. The van der Waals surface area contributed by atoms with Gasteiger partial charge in [-0.25, -0.2) is 19.7 Å². The van der Waals surface area contributed by atoms with Crippen molar-refractivity contribution in [2.75, 3.05) is 13.1 Å². The fraction of sp³-hybridized carbons (Fsp3) is 0.379. The number of hydrogen-bond acceptors (Lipinski definition) is 6. The number of carbonyl (C=O) groups excluding carboxylic acids is 1. The zero-order valence-electron chi connectivity index (χ0n) is 21.4. The van der Waals surface area contributed by atoms with Crippen molar-refractivity contribution in [3.05, 3.63) is 72.2 Å². The number of pyridine rings is 2. The third-order valence-electron chi connectivity index (χ3n) is 6.86. The van der Waals surface area contributed by atoms with E-state index in [1.54, 1.807) is 11.1 Å². The van der Waals surface area contributed by atoms with Gasteiger partial charge in [0.05, 0.1) is 18.3 Å². The number of fused-ring (bicyclic) bond motifs is 3. The lowest BCUT2D eigenvalue weighted by atomic mass is 10.0. The van der Waals surface area contributed by atoms with Gasteiger partial charge in [0.1, 0.15) is 23.0 Å². The maximum Gasteiger partial charge on any atom is 0.410 e. The summed E-state index contributed by atoms with van der Waals surface area (Å²) in [6, 6.07) is 18.7. The lowest BCUT2D eigenvalue weighted by Gasteiger charge is -2.24. The highest BCUT2D eigenvalue weighted by Crippen LogP contribution is 2.35. The molecule has 37 heavy (non-hydrogen) atoms. The second kappa shape index (κ2) is 9.18. The number of likely N-dealkylation sites (tertiary alicyclic amines) is 1. The van der Waals surface area contributed by atoms with Gasteiger partial charge in [-0.15, -0.1) is 0 Å². The smallest absolute Gasteiger partial charge is 0.410 e. The Balaban J connectivity index is 1.22. The molecule has 190 valence electrons. The molecule has 1 saturated heterocycles. The molecule has 8 nitrogen and oxygen atoms in total. The van der Waals surface area contributed by atoms with Gasteiger partial charge in [0.15, 0.2) is 5.65 Å². The number of hydrogen-bond donors (Lipinski definition) is 0. The fourth-order valence-corrected chi connectivity index (χ4v) is 5.19. The molecule has 1 amide bonds. The third-order valence-corrected chi connectivity index (χ3v) is 6.86. The van der Waals surface area contributed by atoms with E-state index in [0.29, 0.717) is 19.0 Å². The average molecular weight is 498 g/mol. The Morgan fingerprint density at radius 2 is 1.86 bits per heavy atom. The molecule has 2 atom stereocenters. The van der Waals surface area contributed by atoms with Gasteiger partial charge < -0.3 is 18.9 Å². The summed E-state index contributed by atoms with van der Waals surface area (Å²) in [5.74, 6) is 1.61. The van der Waals surface area contributed by atoms with Crippen LogP contribution < -0.4 is 4.74 Å². The molecule has 0 unspecified atom stereocenters. The van der Waals surface area contributed by atoms with Crippen molar-refractivity contribution < 1.29 is 14.3 Å². The second-order valence-electron chi connectivity index (χ2n) is 10.7. The van der Waals surface area contributed by atoms with Gasteiger partial charge in [-0.05, 0) is 51.0 Å². The molecule has 8 heteroatoms. The van der Waals surface area contributed by atoms with E-state index in [-0.39, 0.29) is 18.2 Å². The van der Waals surface area contributed by atoms with Crippen LogP contribution in [0.5, 0.6) is 5.88 Å². The summed E-state index contributed by atoms with van der Waals surface area (Å²) in [5, 5.41) is 0. The van der Waals surface area contributed by atoms with Crippen molar-refractivity contribution in [3.63, 3.8) is 0 Å². The number of aryl methyl sites for hydroxylation is 1. The Morgan fingerprint density at radius 3 is 2.68 bits per heavy atom. The summed E-state index contributed by atoms with van der Waals surface area (Å²) in [7, 11) is 0. The minimum atomic E-state index is -0.517. The molecule has 0 saturated carbocycles. The number of nitrogens with zero attached hydrogens (tertiary/aromatic N) is 5. The Labute approximate surface area is 216 Å². The number of rotatable bonds is 4. The van der Waals surface area contributed by atoms with Crippen LogP contribution in [0.15, 0.2) is 60.8 Å². The molecular formula is C29H31N5O3. The van der Waals surface area contributed by atoms with Gasteiger partial charge in [0.2, 0.25) is 5.88 Å². The summed E-state index contributed by atoms with van der Waals surface area (Å²) in [6.45, 7) is 6.70. The van der Waals surface area contributed by atoms with E-state index in [1.807, 2.05) is 51.1 Å². The van der Waals surface area contributed by atoms with Crippen LogP contribution in [0.3, 0.4) is 0 Å². The molecule has 2 aliphatic heterocycles. The van der Waals surface area contributed by atoms with Gasteiger partial charge >= 0.3 is 6.09 Å². The van der Waals surface area contributed by atoms with E-state index >= 15 is 0 Å². The standard InChI is InChI=1S/C29H31N5O3/c1-29(2,3)37-28(35)33-16-14-21(18-33)36-26-17-20(13-15-30-26)22-9-10-23-27(32-22)34-24(11-12-25(34)31-23)19-7-5-4-6-8-19/h4-10,13,15,17,21,24H,11-12,14,16,18H2,1-3H3/t21-,24+/m0/s1. The highest BCUT2D eigenvalue weighted by atomic mass is 16.6. The summed E-state index contributed by atoms with van der Waals surface area (Å²) in [6.07, 6.45) is 4.02. The van der Waals surface area contributed by atoms with Crippen LogP contribution in [0.2, 0.25) is 0 Å². The van der Waals surface area contributed by atoms with Crippen LogP contribution in [0.4, 0.5) is 4.79 Å². The number of benzene rings is 1. The van der Waals surface area contributed by atoms with E-state index < -0.39 is 5.60 Å². The summed E-state index contributed by atoms with van der Waals surface area (Å²) in [4.78, 5) is 28.4. The van der Waals surface area contributed by atoms with E-state index in [0.717, 1.165) is 47.5 Å². The zero-order valence-corrected chi connectivity index (χ0v) is 21.4. The lowest BCUT2D eigenvalue weighted by molar-refractivity contribution is 0.0275. The first-order valence-electron chi connectivity index (χ1n) is 12.9. The first-order chi connectivity index (χ1) is 17.8. The molecule has 1 aromatic carbocycles. The van der Waals surface area contributed by atoms with Crippen LogP contribution in [-0.2, 0) is 11.2 Å². The SMILES string of the molecule is CC(C)(C)OC(=O)N1CC[C@H](Oc2cc(-c3ccc4nc5n(c4n3)[C@@H](c3ccccc3)CC5)ccn2)C1. The molecule has 0 bridgehead atoms. The third kappa shape index (κ3) is 4.75. The molecule has 0 radical (unpaired) electrons. The molecule has 0 aliphatic carbocycles. The van der Waals surface area contributed by atoms with Crippen molar-refractivity contribution in [1.82, 2.24) is 24.4 Å². The van der Waals surface area contributed by atoms with Crippen LogP contribution in [0.25, 0.3) is 22.4 Å². The predicted molar refractivity (Wildman–Crippen MR) is 141 cm³/mol. The van der Waals surface area contributed by atoms with Gasteiger partial charge in [-0.2, -0.15) is 0 Å². The molecule has 5 heterocycles. The van der Waals surface area contributed by atoms with Crippen molar-refractivity contribution in [3.8, 4) is 17.1 Å². The van der Waals surface area contributed by atoms with E-state index in [4.69, 9.17) is 19.4 Å². The number of ether oxygens (including phenoxy) is 2. The Morgan fingerprint density at radius 1 is 1.03 bits per heavy atom. The van der Waals surface area contributed by atoms with Gasteiger partial charge in [-0.3, -0.25) is 0 Å². The largest absolute Gasteiger partial charge is 0.472 e. The van der Waals surface area contributed by atoms with Gasteiger partial charge in [-0.1, -0.05) is 30.3 Å². The molecular weight excluding hydrogens is 466 g/mol. The van der Waals surface area contributed by atoms with Crippen LogP contribution in [-0.4, -0.2) is 55.3 Å². The normalized spacial score (nSPS) is 19.3. The van der Waals surface area contributed by atoms with Crippen molar-refractivity contribution in [1.29, 1.82) is 0 Å². The van der Waals surface area contributed by atoms with Crippen LogP contribution in [0.1, 0.15) is 51.0 Å². The van der Waals surface area contributed by atoms with E-state index in [2.05, 4.69) is 33.8 Å². The summed E-state index contributed by atoms with van der Waals surface area (Å²) in [5.41, 5.74) is 4.36. The molecule has 6 rings (SSSR count). The predicted octanol–water partition coefficient (Wildman–Crippen LogP) is 5.42. The molecule has 1 fully saturated rings. The summed E-state index contributed by atoms with van der Waals surface area (Å²) < 4.78 is 13.9. The minimum absolute atomic E-state index is 0.129. The quantitative estimate of drug-likeness (QED) is 0.375. The van der Waals surface area contributed by atoms with Crippen molar-refractivity contribution >= 4 is 17.3 Å². The number of imidazole rings is 1. The fourth-order valence-electron chi connectivity index (χ4n) is 5.19. The Kier molecular flexibility index (Phi) is 5.82. The molecule has 4 aromatic rings. The lowest BCUT2D eigenvalue weighted by Crippen LogP contribution is -2.36. The monoisotopic (exact) mass is 497 g/mol. The highest BCUT2D eigenvalue weighted by molar-refractivity contribution is 5.77. The molecule has 0 N–H and O–H groups in total. The van der Waals surface area contributed by atoms with Crippen LogP contribution in [0, 0.1) is 0 Å². The topological polar surface area (TPSA) is 82.4 Å². The Hall–Kier alpha value is -3.94. The first-order valence-corrected chi connectivity index (χ1v) is 12.9. The van der Waals surface area contributed by atoms with E-state index in [1.165, 1.54) is 5.56 Å². The molecule has 3 aromatic heterocycles. The van der Waals surface area contributed by atoms with Crippen LogP contribution >= 0.6 is 0 Å². The van der Waals surface area contributed by atoms with E-state index in [9.17, 15) is 4.79 Å². The molecule has 0 spiro atoms. The Bertz CT molecular complexity index is 1440. The summed E-state index contributed by atoms with van der Waals surface area (Å²) >= 11 is 0. The number of aromatic nitrogens is 4. The maximum atomic E-state index is 12.4. The minimum Gasteiger partial charge on any atom is -0.472 e. The first kappa shape index (κ1) is 23.5. The average Bonchev–Trinajstić information content (AvgIpc) is 3.59. The van der Waals surface area contributed by atoms with Crippen molar-refractivity contribution in [2.45, 2.75) is 57.8 Å². The van der Waals surface area contributed by atoms with Gasteiger partial charge in [0, 0.05) is 37.2 Å². The molecule has 2 aliphatic rings.